The summed E-state index contributed by atoms with van der Waals surface area (Å²) in [6, 6.07) is 7.35. The van der Waals surface area contributed by atoms with Crippen LogP contribution in [-0.2, 0) is 16.4 Å². The minimum atomic E-state index is -3.09. The lowest BCUT2D eigenvalue weighted by Gasteiger charge is -2.40. The van der Waals surface area contributed by atoms with E-state index in [1.807, 2.05) is 12.1 Å². The van der Waals surface area contributed by atoms with Crippen molar-refractivity contribution in [3.63, 3.8) is 0 Å². The Bertz CT molecular complexity index is 589. The van der Waals surface area contributed by atoms with Gasteiger partial charge in [-0.25, -0.2) is 8.42 Å². The van der Waals surface area contributed by atoms with Crippen LogP contribution in [0, 0.1) is 5.41 Å². The average Bonchev–Trinajstić information content (AvgIpc) is 2.86. The molecule has 116 valence electrons. The highest BCUT2D eigenvalue weighted by Crippen LogP contribution is 2.35. The van der Waals surface area contributed by atoms with Crippen LogP contribution in [0.2, 0.25) is 0 Å². The molecule has 1 N–H and O–H groups in total. The molecule has 1 aromatic rings. The first-order chi connectivity index (χ1) is 9.97. The molecule has 2 aliphatic rings. The third-order valence-corrected chi connectivity index (χ3v) is 5.96. The Hall–Kier alpha value is -0.910. The highest BCUT2D eigenvalue weighted by molar-refractivity contribution is 7.90. The molecule has 5 heteroatoms. The van der Waals surface area contributed by atoms with Crippen molar-refractivity contribution in [1.82, 2.24) is 10.2 Å². The summed E-state index contributed by atoms with van der Waals surface area (Å²) < 4.78 is 23.0. The number of rotatable bonds is 3. The molecule has 2 saturated heterocycles. The summed E-state index contributed by atoms with van der Waals surface area (Å²) in [7, 11) is -3.09. The van der Waals surface area contributed by atoms with Gasteiger partial charge in [-0.3, -0.25) is 4.90 Å². The summed E-state index contributed by atoms with van der Waals surface area (Å²) in [5.41, 5.74) is 1.68. The van der Waals surface area contributed by atoms with Crippen LogP contribution in [0.5, 0.6) is 0 Å². The summed E-state index contributed by atoms with van der Waals surface area (Å²) in [6.07, 6.45) is 5.15. The fourth-order valence-corrected chi connectivity index (χ4v) is 4.32. The van der Waals surface area contributed by atoms with Gasteiger partial charge in [-0.1, -0.05) is 12.1 Å². The van der Waals surface area contributed by atoms with Crippen LogP contribution in [0.4, 0.5) is 0 Å². The summed E-state index contributed by atoms with van der Waals surface area (Å²) >= 11 is 0. The molecule has 1 aromatic carbocycles. The second-order valence-corrected chi connectivity index (χ2v) is 8.67. The van der Waals surface area contributed by atoms with E-state index in [0.717, 1.165) is 32.7 Å². The van der Waals surface area contributed by atoms with Crippen LogP contribution in [0.15, 0.2) is 29.2 Å². The van der Waals surface area contributed by atoms with Gasteiger partial charge < -0.3 is 5.32 Å². The largest absolute Gasteiger partial charge is 0.316 e. The molecular weight excluding hydrogens is 284 g/mol. The molecule has 2 fully saturated rings. The Morgan fingerprint density at radius 3 is 2.62 bits per heavy atom. The van der Waals surface area contributed by atoms with E-state index in [4.69, 9.17) is 0 Å². The third kappa shape index (κ3) is 3.47. The number of piperidine rings is 1. The van der Waals surface area contributed by atoms with E-state index >= 15 is 0 Å². The molecule has 0 radical (unpaired) electrons. The fourth-order valence-electron chi connectivity index (χ4n) is 3.69. The van der Waals surface area contributed by atoms with Crippen molar-refractivity contribution in [2.45, 2.75) is 30.7 Å². The first-order valence-corrected chi connectivity index (χ1v) is 9.58. The molecule has 0 amide bonds. The van der Waals surface area contributed by atoms with Crippen molar-refractivity contribution in [3.05, 3.63) is 29.8 Å². The Kier molecular flexibility index (Phi) is 4.08. The third-order valence-electron chi connectivity index (χ3n) is 4.83. The Labute approximate surface area is 127 Å². The van der Waals surface area contributed by atoms with Crippen LogP contribution >= 0.6 is 0 Å². The smallest absolute Gasteiger partial charge is 0.175 e. The second kappa shape index (κ2) is 5.71. The first-order valence-electron chi connectivity index (χ1n) is 7.69. The van der Waals surface area contributed by atoms with E-state index in [9.17, 15) is 8.42 Å². The molecule has 3 rings (SSSR count). The van der Waals surface area contributed by atoms with Gasteiger partial charge in [0.05, 0.1) is 4.90 Å². The van der Waals surface area contributed by atoms with E-state index in [2.05, 4.69) is 10.2 Å². The fraction of sp³-hybridized carbons (Fsp3) is 0.625. The topological polar surface area (TPSA) is 49.4 Å². The normalized spacial score (nSPS) is 27.3. The van der Waals surface area contributed by atoms with E-state index in [1.54, 1.807) is 12.1 Å². The number of likely N-dealkylation sites (tertiary alicyclic amines) is 1. The van der Waals surface area contributed by atoms with Crippen LogP contribution in [0.3, 0.4) is 0 Å². The van der Waals surface area contributed by atoms with Gasteiger partial charge in [0.1, 0.15) is 0 Å². The average molecular weight is 308 g/mol. The predicted octanol–water partition coefficient (Wildman–Crippen LogP) is 1.67. The van der Waals surface area contributed by atoms with Gasteiger partial charge in [-0.05, 0) is 55.5 Å². The summed E-state index contributed by atoms with van der Waals surface area (Å²) in [5, 5.41) is 3.50. The number of benzene rings is 1. The van der Waals surface area contributed by atoms with Gasteiger partial charge in [0.2, 0.25) is 0 Å². The molecule has 0 aliphatic carbocycles. The zero-order valence-corrected chi connectivity index (χ0v) is 13.5. The number of nitrogens with one attached hydrogen (secondary N) is 1. The Morgan fingerprint density at radius 2 is 2.00 bits per heavy atom. The number of hydrogen-bond donors (Lipinski definition) is 1. The maximum Gasteiger partial charge on any atom is 0.175 e. The maximum atomic E-state index is 11.5. The van der Waals surface area contributed by atoms with E-state index in [-0.39, 0.29) is 0 Å². The van der Waals surface area contributed by atoms with Crippen molar-refractivity contribution < 1.29 is 8.42 Å². The molecule has 0 bridgehead atoms. The van der Waals surface area contributed by atoms with Crippen molar-refractivity contribution in [3.8, 4) is 0 Å². The molecule has 1 atom stereocenters. The Balaban J connectivity index is 1.66. The molecule has 0 aromatic heterocycles. The first kappa shape index (κ1) is 15.0. The van der Waals surface area contributed by atoms with E-state index in [0.29, 0.717) is 10.3 Å². The number of hydrogen-bond acceptors (Lipinski definition) is 4. The van der Waals surface area contributed by atoms with Crippen molar-refractivity contribution in [2.75, 3.05) is 32.4 Å². The molecule has 0 unspecified atom stereocenters. The van der Waals surface area contributed by atoms with Gasteiger partial charge in [-0.15, -0.1) is 0 Å². The van der Waals surface area contributed by atoms with Crippen molar-refractivity contribution >= 4 is 9.84 Å². The van der Waals surface area contributed by atoms with Crippen molar-refractivity contribution in [2.24, 2.45) is 5.41 Å². The number of sulfone groups is 1. The molecular formula is C16H24N2O2S. The zero-order chi connectivity index (χ0) is 14.9. The molecule has 2 heterocycles. The molecule has 1 spiro atoms. The lowest BCUT2D eigenvalue weighted by Crippen LogP contribution is -2.43. The monoisotopic (exact) mass is 308 g/mol. The summed E-state index contributed by atoms with van der Waals surface area (Å²) in [5.74, 6) is 0. The highest BCUT2D eigenvalue weighted by atomic mass is 32.2. The van der Waals surface area contributed by atoms with Crippen LogP contribution in [0.1, 0.15) is 24.8 Å². The standard InChI is InChI=1S/C16H24N2O2S/c1-21(19,20)15-5-3-14(4-6-15)11-18-10-2-7-16(13-18)8-9-17-12-16/h3-6,17H,2,7-13H2,1H3/t16-/m0/s1. The van der Waals surface area contributed by atoms with Gasteiger partial charge in [0.25, 0.3) is 0 Å². The van der Waals surface area contributed by atoms with Gasteiger partial charge in [-0.2, -0.15) is 0 Å². The molecule has 21 heavy (non-hydrogen) atoms. The quantitative estimate of drug-likeness (QED) is 0.923. The van der Waals surface area contributed by atoms with Gasteiger partial charge >= 0.3 is 0 Å². The summed E-state index contributed by atoms with van der Waals surface area (Å²) in [6.45, 7) is 5.53. The second-order valence-electron chi connectivity index (χ2n) is 6.66. The van der Waals surface area contributed by atoms with Crippen LogP contribution < -0.4 is 5.32 Å². The minimum Gasteiger partial charge on any atom is -0.316 e. The zero-order valence-electron chi connectivity index (χ0n) is 12.6. The van der Waals surface area contributed by atoms with E-state index in [1.165, 1.54) is 31.1 Å². The van der Waals surface area contributed by atoms with E-state index < -0.39 is 9.84 Å². The lowest BCUT2D eigenvalue weighted by molar-refractivity contribution is 0.0978. The predicted molar refractivity (Wildman–Crippen MR) is 84.0 cm³/mol. The van der Waals surface area contributed by atoms with Crippen LogP contribution in [0.25, 0.3) is 0 Å². The maximum absolute atomic E-state index is 11.5. The highest BCUT2D eigenvalue weighted by Gasteiger charge is 2.37. The molecule has 4 nitrogen and oxygen atoms in total. The van der Waals surface area contributed by atoms with Crippen LogP contribution in [-0.4, -0.2) is 45.8 Å². The lowest BCUT2D eigenvalue weighted by atomic mass is 9.79. The molecule has 0 saturated carbocycles. The van der Waals surface area contributed by atoms with Crippen molar-refractivity contribution in [1.29, 1.82) is 0 Å². The Morgan fingerprint density at radius 1 is 1.24 bits per heavy atom. The number of nitrogens with zero attached hydrogens (tertiary/aromatic N) is 1. The minimum absolute atomic E-state index is 0.404. The SMILES string of the molecule is CS(=O)(=O)c1ccc(CN2CCC[C@@]3(CCNC3)C2)cc1. The van der Waals surface area contributed by atoms with Gasteiger partial charge in [0.15, 0.2) is 9.84 Å². The van der Waals surface area contributed by atoms with Gasteiger partial charge in [0, 0.05) is 25.9 Å². The summed E-state index contributed by atoms with van der Waals surface area (Å²) in [4.78, 5) is 2.92. The molecule has 2 aliphatic heterocycles.